The summed E-state index contributed by atoms with van der Waals surface area (Å²) in [7, 11) is 0. The fraction of sp³-hybridized carbons (Fsp3) is 0.211. The SMILES string of the molecule is CC(C)(C)c1cc(-c2ccccc2)c(O)c(-c2nc(Br)cs2)c1. The highest BCUT2D eigenvalue weighted by molar-refractivity contribution is 9.10. The van der Waals surface area contributed by atoms with Crippen LogP contribution in [0.1, 0.15) is 26.3 Å². The van der Waals surface area contributed by atoms with E-state index in [2.05, 4.69) is 47.8 Å². The molecule has 1 N–H and O–H groups in total. The fourth-order valence-corrected chi connectivity index (χ4v) is 3.72. The molecule has 2 aromatic carbocycles. The number of benzene rings is 2. The van der Waals surface area contributed by atoms with E-state index in [1.807, 2.05) is 41.8 Å². The lowest BCUT2D eigenvalue weighted by molar-refractivity contribution is 0.478. The normalized spacial score (nSPS) is 11.7. The van der Waals surface area contributed by atoms with Crippen molar-refractivity contribution in [3.05, 3.63) is 58.0 Å². The zero-order valence-corrected chi connectivity index (χ0v) is 15.7. The van der Waals surface area contributed by atoms with Gasteiger partial charge in [-0.1, -0.05) is 51.1 Å². The number of aromatic nitrogens is 1. The molecule has 2 nitrogen and oxygen atoms in total. The molecule has 23 heavy (non-hydrogen) atoms. The summed E-state index contributed by atoms with van der Waals surface area (Å²) >= 11 is 4.92. The molecule has 3 rings (SSSR count). The number of thiazole rings is 1. The summed E-state index contributed by atoms with van der Waals surface area (Å²) in [4.78, 5) is 4.47. The predicted molar refractivity (Wildman–Crippen MR) is 101 cm³/mol. The lowest BCUT2D eigenvalue weighted by atomic mass is 9.83. The maximum absolute atomic E-state index is 10.8. The molecule has 0 unspecified atom stereocenters. The average Bonchev–Trinajstić information content (AvgIpc) is 2.93. The maximum atomic E-state index is 10.8. The van der Waals surface area contributed by atoms with Crippen molar-refractivity contribution < 1.29 is 5.11 Å². The molecule has 0 aliphatic carbocycles. The first-order valence-corrected chi connectivity index (χ1v) is 9.08. The van der Waals surface area contributed by atoms with Gasteiger partial charge < -0.3 is 5.11 Å². The van der Waals surface area contributed by atoms with E-state index in [1.165, 1.54) is 16.9 Å². The highest BCUT2D eigenvalue weighted by Crippen LogP contribution is 2.42. The van der Waals surface area contributed by atoms with Crippen LogP contribution in [-0.4, -0.2) is 10.1 Å². The number of aromatic hydroxyl groups is 1. The molecule has 0 spiro atoms. The minimum atomic E-state index is -0.0134. The molecular formula is C19H18BrNOS. The quantitative estimate of drug-likeness (QED) is 0.564. The van der Waals surface area contributed by atoms with Gasteiger partial charge in [-0.05, 0) is 44.6 Å². The number of nitrogens with zero attached hydrogens (tertiary/aromatic N) is 1. The minimum Gasteiger partial charge on any atom is -0.507 e. The van der Waals surface area contributed by atoms with Crippen molar-refractivity contribution in [1.29, 1.82) is 0 Å². The molecule has 0 amide bonds. The van der Waals surface area contributed by atoms with Crippen molar-refractivity contribution in [2.24, 2.45) is 0 Å². The van der Waals surface area contributed by atoms with Gasteiger partial charge in [-0.3, -0.25) is 0 Å². The Hall–Kier alpha value is -1.65. The van der Waals surface area contributed by atoms with Crippen LogP contribution in [-0.2, 0) is 5.41 Å². The van der Waals surface area contributed by atoms with Crippen LogP contribution in [0.2, 0.25) is 0 Å². The van der Waals surface area contributed by atoms with Gasteiger partial charge in [0.2, 0.25) is 0 Å². The second-order valence-corrected chi connectivity index (χ2v) is 8.18. The monoisotopic (exact) mass is 387 g/mol. The van der Waals surface area contributed by atoms with Gasteiger partial charge in [0.05, 0.1) is 5.56 Å². The molecule has 3 aromatic rings. The molecule has 1 heterocycles. The van der Waals surface area contributed by atoms with Gasteiger partial charge >= 0.3 is 0 Å². The van der Waals surface area contributed by atoms with E-state index in [4.69, 9.17) is 0 Å². The standard InChI is InChI=1S/C19H18BrNOS/c1-19(2,3)13-9-14(12-7-5-4-6-8-12)17(22)15(10-13)18-21-16(20)11-23-18/h4-11,22H,1-3H3. The van der Waals surface area contributed by atoms with Crippen LogP contribution in [0.4, 0.5) is 0 Å². The Balaban J connectivity index is 2.28. The van der Waals surface area contributed by atoms with Gasteiger partial charge in [0.1, 0.15) is 15.4 Å². The fourth-order valence-electron chi connectivity index (χ4n) is 2.45. The van der Waals surface area contributed by atoms with Crippen LogP contribution in [0.25, 0.3) is 21.7 Å². The van der Waals surface area contributed by atoms with Crippen molar-refractivity contribution in [2.75, 3.05) is 0 Å². The Labute approximate surface area is 149 Å². The first-order valence-electron chi connectivity index (χ1n) is 7.40. The summed E-state index contributed by atoms with van der Waals surface area (Å²) in [6.45, 7) is 6.53. The number of hydrogen-bond acceptors (Lipinski definition) is 3. The Morgan fingerprint density at radius 2 is 1.70 bits per heavy atom. The van der Waals surface area contributed by atoms with Crippen molar-refractivity contribution in [2.45, 2.75) is 26.2 Å². The van der Waals surface area contributed by atoms with E-state index in [0.717, 1.165) is 26.3 Å². The highest BCUT2D eigenvalue weighted by Gasteiger charge is 2.21. The number of phenolic OH excluding ortho intramolecular Hbond substituents is 1. The topological polar surface area (TPSA) is 33.1 Å². The summed E-state index contributed by atoms with van der Waals surface area (Å²) in [6, 6.07) is 14.1. The lowest BCUT2D eigenvalue weighted by Gasteiger charge is -2.22. The average molecular weight is 388 g/mol. The molecule has 1 aromatic heterocycles. The van der Waals surface area contributed by atoms with E-state index in [-0.39, 0.29) is 11.2 Å². The van der Waals surface area contributed by atoms with Gasteiger partial charge in [0.15, 0.2) is 0 Å². The summed E-state index contributed by atoms with van der Waals surface area (Å²) in [6.07, 6.45) is 0. The van der Waals surface area contributed by atoms with Crippen molar-refractivity contribution in [3.8, 4) is 27.4 Å². The van der Waals surface area contributed by atoms with Gasteiger partial charge in [-0.25, -0.2) is 4.98 Å². The molecule has 118 valence electrons. The van der Waals surface area contributed by atoms with E-state index >= 15 is 0 Å². The minimum absolute atomic E-state index is 0.0134. The van der Waals surface area contributed by atoms with E-state index in [0.29, 0.717) is 0 Å². The third kappa shape index (κ3) is 3.33. The smallest absolute Gasteiger partial charge is 0.133 e. The summed E-state index contributed by atoms with van der Waals surface area (Å²) in [5.41, 5.74) is 3.80. The Morgan fingerprint density at radius 3 is 2.26 bits per heavy atom. The summed E-state index contributed by atoms with van der Waals surface area (Å²) in [5.74, 6) is 0.283. The first-order chi connectivity index (χ1) is 10.9. The van der Waals surface area contributed by atoms with Crippen LogP contribution < -0.4 is 0 Å². The molecule has 0 bridgehead atoms. The molecule has 4 heteroatoms. The third-order valence-electron chi connectivity index (χ3n) is 3.77. The summed E-state index contributed by atoms with van der Waals surface area (Å²) < 4.78 is 0.791. The Kier molecular flexibility index (Phi) is 4.30. The Bertz CT molecular complexity index is 834. The zero-order valence-electron chi connectivity index (χ0n) is 13.3. The van der Waals surface area contributed by atoms with Crippen LogP contribution in [0.3, 0.4) is 0 Å². The van der Waals surface area contributed by atoms with Crippen LogP contribution in [0.5, 0.6) is 5.75 Å². The Morgan fingerprint density at radius 1 is 1.04 bits per heavy atom. The van der Waals surface area contributed by atoms with Crippen molar-refractivity contribution in [1.82, 2.24) is 4.98 Å². The van der Waals surface area contributed by atoms with Gasteiger partial charge in [-0.15, -0.1) is 11.3 Å². The second-order valence-electron chi connectivity index (χ2n) is 6.51. The lowest BCUT2D eigenvalue weighted by Crippen LogP contribution is -2.11. The predicted octanol–water partition coefficient (Wildman–Crippen LogP) is 6.24. The van der Waals surface area contributed by atoms with E-state index < -0.39 is 0 Å². The van der Waals surface area contributed by atoms with Gasteiger partial charge in [0.25, 0.3) is 0 Å². The molecule has 0 aliphatic heterocycles. The molecule has 0 atom stereocenters. The molecular weight excluding hydrogens is 370 g/mol. The van der Waals surface area contributed by atoms with Crippen molar-refractivity contribution >= 4 is 27.3 Å². The number of halogens is 1. The maximum Gasteiger partial charge on any atom is 0.133 e. The molecule has 0 saturated carbocycles. The first kappa shape index (κ1) is 16.2. The van der Waals surface area contributed by atoms with Gasteiger partial charge in [0, 0.05) is 10.9 Å². The number of phenols is 1. The van der Waals surface area contributed by atoms with Gasteiger partial charge in [-0.2, -0.15) is 0 Å². The van der Waals surface area contributed by atoms with Crippen molar-refractivity contribution in [3.63, 3.8) is 0 Å². The molecule has 0 radical (unpaired) electrons. The molecule has 0 fully saturated rings. The number of rotatable bonds is 2. The van der Waals surface area contributed by atoms with E-state index in [1.54, 1.807) is 0 Å². The summed E-state index contributed by atoms with van der Waals surface area (Å²) in [5, 5.41) is 13.6. The second kappa shape index (κ2) is 6.10. The largest absolute Gasteiger partial charge is 0.507 e. The third-order valence-corrected chi connectivity index (χ3v) is 5.35. The molecule has 0 aliphatic rings. The van der Waals surface area contributed by atoms with Crippen LogP contribution >= 0.6 is 27.3 Å². The number of hydrogen-bond donors (Lipinski definition) is 1. The van der Waals surface area contributed by atoms with Crippen LogP contribution in [0, 0.1) is 0 Å². The highest BCUT2D eigenvalue weighted by atomic mass is 79.9. The zero-order chi connectivity index (χ0) is 16.6. The molecule has 0 saturated heterocycles. The van der Waals surface area contributed by atoms with E-state index in [9.17, 15) is 5.11 Å². The van der Waals surface area contributed by atoms with Crippen LogP contribution in [0.15, 0.2) is 52.4 Å².